The van der Waals surface area contributed by atoms with Crippen molar-refractivity contribution in [2.75, 3.05) is 0 Å². The average Bonchev–Trinajstić information content (AvgIpc) is 3.03. The van der Waals surface area contributed by atoms with Crippen LogP contribution < -0.4 is 5.73 Å². The lowest BCUT2D eigenvalue weighted by Crippen LogP contribution is -2.31. The molecule has 0 bridgehead atoms. The number of halogens is 1. The first kappa shape index (κ1) is 14.6. The van der Waals surface area contributed by atoms with Crippen LogP contribution in [0.15, 0.2) is 28.7 Å². The van der Waals surface area contributed by atoms with Gasteiger partial charge in [-0.2, -0.15) is 0 Å². The Hall–Kier alpha value is -0.380. The molecule has 0 radical (unpaired) electrons. The second-order valence-corrected chi connectivity index (χ2v) is 7.41. The Labute approximate surface area is 130 Å². The van der Waals surface area contributed by atoms with Crippen molar-refractivity contribution in [1.82, 2.24) is 0 Å². The fourth-order valence-corrected chi connectivity index (χ4v) is 4.06. The van der Waals surface area contributed by atoms with Crippen molar-refractivity contribution >= 4 is 15.9 Å². The van der Waals surface area contributed by atoms with E-state index in [1.165, 1.54) is 44.1 Å². The van der Waals surface area contributed by atoms with Gasteiger partial charge in [0.2, 0.25) is 0 Å². The van der Waals surface area contributed by atoms with Crippen LogP contribution in [0.5, 0.6) is 0 Å². The van der Waals surface area contributed by atoms with E-state index in [0.29, 0.717) is 6.10 Å². The summed E-state index contributed by atoms with van der Waals surface area (Å²) in [6, 6.07) is 8.68. The van der Waals surface area contributed by atoms with Crippen LogP contribution in [-0.2, 0) is 11.2 Å². The van der Waals surface area contributed by atoms with Crippen LogP contribution >= 0.6 is 15.9 Å². The van der Waals surface area contributed by atoms with Crippen molar-refractivity contribution in [2.45, 2.75) is 69.1 Å². The van der Waals surface area contributed by atoms with Gasteiger partial charge in [0.05, 0.1) is 11.7 Å². The van der Waals surface area contributed by atoms with E-state index in [9.17, 15) is 0 Å². The maximum atomic E-state index is 6.35. The predicted octanol–water partition coefficient (Wildman–Crippen LogP) is 4.20. The summed E-state index contributed by atoms with van der Waals surface area (Å²) in [5, 5.41) is 0. The molecule has 2 N–H and O–H groups in total. The van der Waals surface area contributed by atoms with E-state index < -0.39 is 0 Å². The van der Waals surface area contributed by atoms with Crippen molar-refractivity contribution in [3.8, 4) is 0 Å². The lowest BCUT2D eigenvalue weighted by molar-refractivity contribution is -0.0407. The molecule has 1 heterocycles. The SMILES string of the molecule is NC(Cc1ccc(Br)cc1)CC1CCC2(CCCC2)O1. The maximum Gasteiger partial charge on any atom is 0.0687 e. The largest absolute Gasteiger partial charge is 0.372 e. The van der Waals surface area contributed by atoms with Crippen molar-refractivity contribution in [2.24, 2.45) is 5.73 Å². The Kier molecular flexibility index (Phi) is 4.49. The maximum absolute atomic E-state index is 6.35. The smallest absolute Gasteiger partial charge is 0.0687 e. The van der Waals surface area contributed by atoms with E-state index in [1.807, 2.05) is 0 Å². The molecule has 1 aliphatic heterocycles. The van der Waals surface area contributed by atoms with Gasteiger partial charge in [0.15, 0.2) is 0 Å². The normalized spacial score (nSPS) is 26.2. The first-order valence-corrected chi connectivity index (χ1v) is 8.62. The molecule has 0 amide bonds. The number of hydrogen-bond donors (Lipinski definition) is 1. The predicted molar refractivity (Wildman–Crippen MR) is 85.7 cm³/mol. The Balaban J connectivity index is 1.49. The van der Waals surface area contributed by atoms with Gasteiger partial charge in [-0.1, -0.05) is 40.9 Å². The second kappa shape index (κ2) is 6.17. The molecule has 1 aromatic carbocycles. The molecule has 1 spiro atoms. The highest BCUT2D eigenvalue weighted by Gasteiger charge is 2.42. The second-order valence-electron chi connectivity index (χ2n) is 6.50. The third kappa shape index (κ3) is 3.44. The van der Waals surface area contributed by atoms with Gasteiger partial charge >= 0.3 is 0 Å². The van der Waals surface area contributed by atoms with E-state index >= 15 is 0 Å². The summed E-state index contributed by atoms with van der Waals surface area (Å²) in [6.07, 6.45) is 10.0. The Bertz CT molecular complexity index is 439. The minimum atomic E-state index is 0.206. The highest BCUT2D eigenvalue weighted by Crippen LogP contribution is 2.44. The minimum absolute atomic E-state index is 0.206. The monoisotopic (exact) mass is 337 g/mol. The third-order valence-electron chi connectivity index (χ3n) is 4.83. The van der Waals surface area contributed by atoms with Crippen molar-refractivity contribution in [3.05, 3.63) is 34.3 Å². The highest BCUT2D eigenvalue weighted by atomic mass is 79.9. The van der Waals surface area contributed by atoms with Gasteiger partial charge in [0.25, 0.3) is 0 Å². The van der Waals surface area contributed by atoms with E-state index in [0.717, 1.165) is 17.3 Å². The highest BCUT2D eigenvalue weighted by molar-refractivity contribution is 9.10. The summed E-state index contributed by atoms with van der Waals surface area (Å²) < 4.78 is 7.47. The van der Waals surface area contributed by atoms with Crippen LogP contribution in [0, 0.1) is 0 Å². The average molecular weight is 338 g/mol. The minimum Gasteiger partial charge on any atom is -0.372 e. The van der Waals surface area contributed by atoms with Crippen LogP contribution in [0.25, 0.3) is 0 Å². The fraction of sp³-hybridized carbons (Fsp3) is 0.647. The van der Waals surface area contributed by atoms with Crippen molar-refractivity contribution in [3.63, 3.8) is 0 Å². The fourth-order valence-electron chi connectivity index (χ4n) is 3.79. The van der Waals surface area contributed by atoms with Gasteiger partial charge in [-0.25, -0.2) is 0 Å². The molecule has 2 atom stereocenters. The molecule has 1 saturated heterocycles. The first-order chi connectivity index (χ1) is 9.65. The molecular formula is C17H24BrNO. The van der Waals surface area contributed by atoms with E-state index in [4.69, 9.17) is 10.5 Å². The molecule has 110 valence electrons. The molecule has 1 aromatic rings. The van der Waals surface area contributed by atoms with Crippen LogP contribution in [0.4, 0.5) is 0 Å². The summed E-state index contributed by atoms with van der Waals surface area (Å²) in [5.74, 6) is 0. The molecule has 2 unspecified atom stereocenters. The Morgan fingerprint density at radius 2 is 1.90 bits per heavy atom. The van der Waals surface area contributed by atoms with E-state index in [-0.39, 0.29) is 11.6 Å². The van der Waals surface area contributed by atoms with Crippen LogP contribution in [-0.4, -0.2) is 17.7 Å². The van der Waals surface area contributed by atoms with Gasteiger partial charge in [-0.3, -0.25) is 0 Å². The quantitative estimate of drug-likeness (QED) is 0.893. The van der Waals surface area contributed by atoms with Gasteiger partial charge in [-0.05, 0) is 56.2 Å². The summed E-state index contributed by atoms with van der Waals surface area (Å²) in [7, 11) is 0. The molecule has 20 heavy (non-hydrogen) atoms. The molecule has 2 fully saturated rings. The number of benzene rings is 1. The molecular weight excluding hydrogens is 314 g/mol. The summed E-state index contributed by atoms with van der Waals surface area (Å²) in [5.41, 5.74) is 7.87. The molecule has 3 rings (SSSR count). The zero-order valence-corrected chi connectivity index (χ0v) is 13.6. The number of hydrogen-bond acceptors (Lipinski definition) is 2. The van der Waals surface area contributed by atoms with Crippen molar-refractivity contribution in [1.29, 1.82) is 0 Å². The zero-order valence-electron chi connectivity index (χ0n) is 12.0. The van der Waals surface area contributed by atoms with Gasteiger partial charge in [0.1, 0.15) is 0 Å². The molecule has 1 saturated carbocycles. The lowest BCUT2D eigenvalue weighted by atomic mass is 9.96. The summed E-state index contributed by atoms with van der Waals surface area (Å²) in [4.78, 5) is 0. The van der Waals surface area contributed by atoms with E-state index in [1.54, 1.807) is 0 Å². The summed E-state index contributed by atoms with van der Waals surface area (Å²) >= 11 is 3.47. The van der Waals surface area contributed by atoms with E-state index in [2.05, 4.69) is 40.2 Å². The Morgan fingerprint density at radius 3 is 2.60 bits per heavy atom. The molecule has 2 nitrogen and oxygen atoms in total. The number of rotatable bonds is 4. The van der Waals surface area contributed by atoms with Crippen LogP contribution in [0.3, 0.4) is 0 Å². The standard InChI is InChI=1S/C17H24BrNO/c18-14-5-3-13(4-6-14)11-15(19)12-16-7-10-17(20-16)8-1-2-9-17/h3-6,15-16H,1-2,7-12,19H2. The number of ether oxygens (including phenoxy) is 1. The summed E-state index contributed by atoms with van der Waals surface area (Å²) in [6.45, 7) is 0. The zero-order chi connectivity index (χ0) is 14.0. The van der Waals surface area contributed by atoms with Gasteiger partial charge in [-0.15, -0.1) is 0 Å². The number of nitrogens with two attached hydrogens (primary N) is 1. The third-order valence-corrected chi connectivity index (χ3v) is 5.36. The van der Waals surface area contributed by atoms with Gasteiger partial charge in [0, 0.05) is 10.5 Å². The topological polar surface area (TPSA) is 35.2 Å². The van der Waals surface area contributed by atoms with Gasteiger partial charge < -0.3 is 10.5 Å². The lowest BCUT2D eigenvalue weighted by Gasteiger charge is -2.25. The van der Waals surface area contributed by atoms with Crippen molar-refractivity contribution < 1.29 is 4.74 Å². The first-order valence-electron chi connectivity index (χ1n) is 7.83. The molecule has 1 aliphatic carbocycles. The van der Waals surface area contributed by atoms with Crippen LogP contribution in [0.1, 0.15) is 50.5 Å². The van der Waals surface area contributed by atoms with Crippen LogP contribution in [0.2, 0.25) is 0 Å². The molecule has 0 aromatic heterocycles. The molecule has 3 heteroatoms. The molecule has 2 aliphatic rings. The Morgan fingerprint density at radius 1 is 1.20 bits per heavy atom.